The van der Waals surface area contributed by atoms with Gasteiger partial charge in [0.2, 0.25) is 5.95 Å². The molecule has 0 saturated carbocycles. The Hall–Kier alpha value is -2.83. The van der Waals surface area contributed by atoms with E-state index in [1.54, 1.807) is 27.2 Å². The average molecular weight is 302 g/mol. The van der Waals surface area contributed by atoms with E-state index in [9.17, 15) is 4.79 Å². The van der Waals surface area contributed by atoms with Gasteiger partial charge in [-0.15, -0.1) is 0 Å². The summed E-state index contributed by atoms with van der Waals surface area (Å²) in [7, 11) is 3.18. The lowest BCUT2D eigenvalue weighted by atomic mass is 10.1. The van der Waals surface area contributed by atoms with Gasteiger partial charge in [0.15, 0.2) is 0 Å². The number of hydrazone groups is 1. The molecular formula is C15H18N4O3. The highest BCUT2D eigenvalue weighted by Crippen LogP contribution is 2.24. The first-order valence-electron chi connectivity index (χ1n) is 6.64. The van der Waals surface area contributed by atoms with Gasteiger partial charge in [0.25, 0.3) is 5.56 Å². The fourth-order valence-electron chi connectivity index (χ4n) is 1.93. The molecule has 0 amide bonds. The van der Waals surface area contributed by atoms with E-state index >= 15 is 0 Å². The maximum absolute atomic E-state index is 11.4. The van der Waals surface area contributed by atoms with Crippen molar-refractivity contribution in [3.05, 3.63) is 45.9 Å². The molecule has 0 saturated heterocycles. The molecule has 116 valence electrons. The highest BCUT2D eigenvalue weighted by Gasteiger charge is 2.08. The molecule has 0 fully saturated rings. The quantitative estimate of drug-likeness (QED) is 0.651. The van der Waals surface area contributed by atoms with Crippen LogP contribution in [0.4, 0.5) is 5.95 Å². The summed E-state index contributed by atoms with van der Waals surface area (Å²) in [6.07, 6.45) is 0. The lowest BCUT2D eigenvalue weighted by Gasteiger charge is -2.10. The Morgan fingerprint density at radius 2 is 2.05 bits per heavy atom. The smallest absolute Gasteiger partial charge is 0.252 e. The number of rotatable bonds is 5. The van der Waals surface area contributed by atoms with E-state index in [0.29, 0.717) is 22.9 Å². The monoisotopic (exact) mass is 302 g/mol. The highest BCUT2D eigenvalue weighted by molar-refractivity contribution is 6.01. The molecule has 0 aliphatic heterocycles. The average Bonchev–Trinajstić information content (AvgIpc) is 2.51. The van der Waals surface area contributed by atoms with E-state index in [1.165, 1.54) is 6.07 Å². The van der Waals surface area contributed by atoms with Gasteiger partial charge in [0.05, 0.1) is 19.9 Å². The van der Waals surface area contributed by atoms with Crippen molar-refractivity contribution >= 4 is 11.7 Å². The molecule has 2 N–H and O–H groups in total. The van der Waals surface area contributed by atoms with Crippen LogP contribution in [0.25, 0.3) is 0 Å². The third-order valence-electron chi connectivity index (χ3n) is 3.00. The van der Waals surface area contributed by atoms with Crippen LogP contribution in [0.15, 0.2) is 34.2 Å². The summed E-state index contributed by atoms with van der Waals surface area (Å²) in [5, 5.41) is 4.23. The molecule has 7 heteroatoms. The number of ether oxygens (including phenoxy) is 2. The maximum atomic E-state index is 11.4. The molecule has 0 spiro atoms. The normalized spacial score (nSPS) is 11.2. The number of hydrogen-bond acceptors (Lipinski definition) is 6. The lowest BCUT2D eigenvalue weighted by Crippen LogP contribution is -2.11. The molecule has 0 atom stereocenters. The van der Waals surface area contributed by atoms with Gasteiger partial charge >= 0.3 is 0 Å². The second kappa shape index (κ2) is 6.75. The van der Waals surface area contributed by atoms with E-state index in [2.05, 4.69) is 20.5 Å². The standard InChI is InChI=1S/C15H18N4O3/c1-9-7-14(20)17-15(16-9)19-18-10(2)12-8-11(21-3)5-6-13(12)22-4/h5-8H,1-4H3,(H2,16,17,19,20)/b18-10+. The number of nitrogens with zero attached hydrogens (tertiary/aromatic N) is 2. The van der Waals surface area contributed by atoms with E-state index in [0.717, 1.165) is 5.56 Å². The molecule has 0 unspecified atom stereocenters. The van der Waals surface area contributed by atoms with E-state index in [4.69, 9.17) is 9.47 Å². The van der Waals surface area contributed by atoms with Crippen molar-refractivity contribution in [2.24, 2.45) is 5.10 Å². The molecule has 1 aromatic heterocycles. The number of aromatic nitrogens is 2. The molecule has 2 aromatic rings. The molecule has 0 radical (unpaired) electrons. The minimum absolute atomic E-state index is 0.234. The summed E-state index contributed by atoms with van der Waals surface area (Å²) >= 11 is 0. The summed E-state index contributed by atoms with van der Waals surface area (Å²) in [6.45, 7) is 3.56. The Bertz CT molecular complexity index is 753. The maximum Gasteiger partial charge on any atom is 0.252 e. The Kier molecular flexibility index (Phi) is 4.77. The molecule has 2 rings (SSSR count). The number of H-pyrrole nitrogens is 1. The van der Waals surface area contributed by atoms with Gasteiger partial charge in [-0.1, -0.05) is 0 Å². The molecular weight excluding hydrogens is 284 g/mol. The zero-order valence-corrected chi connectivity index (χ0v) is 12.9. The summed E-state index contributed by atoms with van der Waals surface area (Å²) < 4.78 is 10.5. The van der Waals surface area contributed by atoms with Crippen LogP contribution in [0.5, 0.6) is 11.5 Å². The largest absolute Gasteiger partial charge is 0.497 e. The number of anilines is 1. The summed E-state index contributed by atoms with van der Waals surface area (Å²) in [5.41, 5.74) is 4.56. The molecule has 0 bridgehead atoms. The van der Waals surface area contributed by atoms with Crippen LogP contribution in [0, 0.1) is 6.92 Å². The van der Waals surface area contributed by atoms with Crippen LogP contribution < -0.4 is 20.5 Å². The summed E-state index contributed by atoms with van der Waals surface area (Å²) in [6, 6.07) is 6.85. The minimum Gasteiger partial charge on any atom is -0.497 e. The topological polar surface area (TPSA) is 88.6 Å². The Morgan fingerprint density at radius 1 is 1.27 bits per heavy atom. The van der Waals surface area contributed by atoms with Gasteiger partial charge in [-0.3, -0.25) is 9.78 Å². The predicted molar refractivity (Wildman–Crippen MR) is 85.0 cm³/mol. The van der Waals surface area contributed by atoms with E-state index < -0.39 is 0 Å². The van der Waals surface area contributed by atoms with Crippen LogP contribution in [-0.2, 0) is 0 Å². The number of benzene rings is 1. The zero-order chi connectivity index (χ0) is 16.1. The number of hydrogen-bond donors (Lipinski definition) is 2. The SMILES string of the molecule is COc1ccc(OC)c(/C(C)=N/Nc2nc(C)cc(=O)[nH]2)c1. The lowest BCUT2D eigenvalue weighted by molar-refractivity contribution is 0.402. The molecule has 7 nitrogen and oxygen atoms in total. The van der Waals surface area contributed by atoms with Crippen LogP contribution in [0.1, 0.15) is 18.2 Å². The van der Waals surface area contributed by atoms with Gasteiger partial charge in [-0.05, 0) is 32.0 Å². The molecule has 1 aromatic carbocycles. The summed E-state index contributed by atoms with van der Waals surface area (Å²) in [5.74, 6) is 1.66. The van der Waals surface area contributed by atoms with Crippen LogP contribution >= 0.6 is 0 Å². The summed E-state index contributed by atoms with van der Waals surface area (Å²) in [4.78, 5) is 18.1. The van der Waals surface area contributed by atoms with Crippen molar-refractivity contribution in [2.45, 2.75) is 13.8 Å². The molecule has 0 aliphatic carbocycles. The van der Waals surface area contributed by atoms with E-state index in [-0.39, 0.29) is 11.5 Å². The van der Waals surface area contributed by atoms with Gasteiger partial charge in [0.1, 0.15) is 11.5 Å². The second-order valence-corrected chi connectivity index (χ2v) is 4.61. The van der Waals surface area contributed by atoms with Gasteiger partial charge in [0, 0.05) is 17.3 Å². The molecule has 1 heterocycles. The molecule has 0 aliphatic rings. The first kappa shape index (κ1) is 15.6. The van der Waals surface area contributed by atoms with Crippen LogP contribution in [-0.4, -0.2) is 29.9 Å². The fourth-order valence-corrected chi connectivity index (χ4v) is 1.93. The Labute approximate surface area is 128 Å². The first-order valence-corrected chi connectivity index (χ1v) is 6.64. The number of aromatic amines is 1. The zero-order valence-electron chi connectivity index (χ0n) is 12.9. The van der Waals surface area contributed by atoms with Crippen molar-refractivity contribution in [3.8, 4) is 11.5 Å². The first-order chi connectivity index (χ1) is 10.5. The fraction of sp³-hybridized carbons (Fsp3) is 0.267. The van der Waals surface area contributed by atoms with Gasteiger partial charge in [-0.2, -0.15) is 5.10 Å². The van der Waals surface area contributed by atoms with Crippen molar-refractivity contribution in [2.75, 3.05) is 19.6 Å². The number of aryl methyl sites for hydroxylation is 1. The number of nitrogens with one attached hydrogen (secondary N) is 2. The van der Waals surface area contributed by atoms with Crippen molar-refractivity contribution in [1.82, 2.24) is 9.97 Å². The van der Waals surface area contributed by atoms with Crippen molar-refractivity contribution in [3.63, 3.8) is 0 Å². The second-order valence-electron chi connectivity index (χ2n) is 4.61. The van der Waals surface area contributed by atoms with Crippen molar-refractivity contribution in [1.29, 1.82) is 0 Å². The van der Waals surface area contributed by atoms with Gasteiger partial charge < -0.3 is 9.47 Å². The third-order valence-corrected chi connectivity index (χ3v) is 3.00. The van der Waals surface area contributed by atoms with Crippen LogP contribution in [0.3, 0.4) is 0 Å². The number of methoxy groups -OCH3 is 2. The third kappa shape index (κ3) is 3.63. The predicted octanol–water partition coefficient (Wildman–Crippen LogP) is 1.93. The van der Waals surface area contributed by atoms with Crippen LogP contribution in [0.2, 0.25) is 0 Å². The molecule has 22 heavy (non-hydrogen) atoms. The highest BCUT2D eigenvalue weighted by atomic mass is 16.5. The van der Waals surface area contributed by atoms with E-state index in [1.807, 2.05) is 19.1 Å². The minimum atomic E-state index is -0.234. The van der Waals surface area contributed by atoms with Crippen molar-refractivity contribution < 1.29 is 9.47 Å². The Balaban J connectivity index is 2.30. The van der Waals surface area contributed by atoms with Gasteiger partial charge in [-0.25, -0.2) is 10.4 Å². The Morgan fingerprint density at radius 3 is 2.68 bits per heavy atom.